The topological polar surface area (TPSA) is 55.4 Å². The van der Waals surface area contributed by atoms with Gasteiger partial charge < -0.3 is 10.1 Å². The van der Waals surface area contributed by atoms with E-state index in [1.807, 2.05) is 6.92 Å². The molecule has 1 aromatic heterocycles. The Balaban J connectivity index is 2.25. The molecule has 0 bridgehead atoms. The highest BCUT2D eigenvalue weighted by molar-refractivity contribution is 7.17. The third-order valence-corrected chi connectivity index (χ3v) is 6.40. The quantitative estimate of drug-likeness (QED) is 0.496. The number of unbranched alkanes of at least 4 members (excludes halogenated alkanes) is 2. The van der Waals surface area contributed by atoms with E-state index in [1.54, 1.807) is 11.3 Å². The first kappa shape index (κ1) is 20.9. The molecule has 1 aliphatic carbocycles. The van der Waals surface area contributed by atoms with E-state index in [-0.39, 0.29) is 17.3 Å². The summed E-state index contributed by atoms with van der Waals surface area (Å²) in [6, 6.07) is 0. The molecule has 1 aliphatic rings. The Kier molecular flexibility index (Phi) is 7.27. The average Bonchev–Trinajstić information content (AvgIpc) is 2.91. The number of thiophene rings is 1. The van der Waals surface area contributed by atoms with Crippen molar-refractivity contribution in [3.05, 3.63) is 16.0 Å². The first-order valence-electron chi connectivity index (χ1n) is 9.89. The number of fused-ring (bicyclic) bond motifs is 1. The lowest BCUT2D eigenvalue weighted by Crippen LogP contribution is -2.26. The summed E-state index contributed by atoms with van der Waals surface area (Å²) in [4.78, 5) is 26.1. The van der Waals surface area contributed by atoms with E-state index in [2.05, 4.69) is 33.0 Å². The van der Waals surface area contributed by atoms with Gasteiger partial charge in [-0.05, 0) is 49.5 Å². The lowest BCUT2D eigenvalue weighted by Gasteiger charge is -2.33. The van der Waals surface area contributed by atoms with Gasteiger partial charge in [-0.15, -0.1) is 11.3 Å². The molecule has 146 valence electrons. The number of anilines is 1. The fourth-order valence-corrected chi connectivity index (χ4v) is 4.89. The van der Waals surface area contributed by atoms with E-state index in [4.69, 9.17) is 4.74 Å². The third kappa shape index (κ3) is 5.09. The van der Waals surface area contributed by atoms with Crippen molar-refractivity contribution in [1.29, 1.82) is 0 Å². The van der Waals surface area contributed by atoms with Crippen molar-refractivity contribution in [1.82, 2.24) is 0 Å². The van der Waals surface area contributed by atoms with Gasteiger partial charge in [-0.2, -0.15) is 0 Å². The maximum atomic E-state index is 12.6. The molecule has 0 fully saturated rings. The van der Waals surface area contributed by atoms with Crippen molar-refractivity contribution < 1.29 is 14.3 Å². The van der Waals surface area contributed by atoms with Gasteiger partial charge in [0.25, 0.3) is 0 Å². The van der Waals surface area contributed by atoms with Crippen molar-refractivity contribution in [2.45, 2.75) is 79.6 Å². The Labute approximate surface area is 161 Å². The summed E-state index contributed by atoms with van der Waals surface area (Å²) < 4.78 is 5.28. The van der Waals surface area contributed by atoms with Gasteiger partial charge in [0.05, 0.1) is 12.2 Å². The molecular formula is C21H33NO3S. The maximum absolute atomic E-state index is 12.6. The fourth-order valence-electron chi connectivity index (χ4n) is 3.56. The second-order valence-electron chi connectivity index (χ2n) is 8.24. The number of hydrogen-bond acceptors (Lipinski definition) is 4. The van der Waals surface area contributed by atoms with Crippen LogP contribution in [0.3, 0.4) is 0 Å². The number of amides is 1. The molecule has 1 aromatic rings. The van der Waals surface area contributed by atoms with Crippen molar-refractivity contribution in [3.63, 3.8) is 0 Å². The molecule has 26 heavy (non-hydrogen) atoms. The molecule has 1 amide bonds. The SMILES string of the molecule is CCCCCC(=O)Nc1sc2c(c1C(=O)OCC)CC[C@@H](C(C)(C)C)C2. The number of esters is 1. The van der Waals surface area contributed by atoms with Crippen LogP contribution in [0, 0.1) is 11.3 Å². The van der Waals surface area contributed by atoms with Gasteiger partial charge in [0.15, 0.2) is 0 Å². The van der Waals surface area contributed by atoms with Crippen molar-refractivity contribution in [2.75, 3.05) is 11.9 Å². The number of nitrogens with one attached hydrogen (secondary N) is 1. The molecule has 0 aliphatic heterocycles. The van der Waals surface area contributed by atoms with Gasteiger partial charge in [-0.3, -0.25) is 4.79 Å². The van der Waals surface area contributed by atoms with Gasteiger partial charge in [0.1, 0.15) is 5.00 Å². The van der Waals surface area contributed by atoms with Gasteiger partial charge in [0.2, 0.25) is 5.91 Å². The van der Waals surface area contributed by atoms with Crippen LogP contribution in [0.2, 0.25) is 0 Å². The molecule has 0 unspecified atom stereocenters. The minimum Gasteiger partial charge on any atom is -0.462 e. The van der Waals surface area contributed by atoms with E-state index >= 15 is 0 Å². The molecule has 0 saturated carbocycles. The van der Waals surface area contributed by atoms with Crippen LogP contribution in [0.15, 0.2) is 0 Å². The third-order valence-electron chi connectivity index (χ3n) is 5.23. The molecule has 4 nitrogen and oxygen atoms in total. The van der Waals surface area contributed by atoms with Crippen molar-refractivity contribution >= 4 is 28.2 Å². The Morgan fingerprint density at radius 1 is 1.23 bits per heavy atom. The first-order chi connectivity index (χ1) is 12.3. The van der Waals surface area contributed by atoms with E-state index in [0.29, 0.717) is 29.5 Å². The smallest absolute Gasteiger partial charge is 0.341 e. The number of ether oxygens (including phenoxy) is 1. The second-order valence-corrected chi connectivity index (χ2v) is 9.34. The highest BCUT2D eigenvalue weighted by Gasteiger charge is 2.34. The lowest BCUT2D eigenvalue weighted by atomic mass is 9.72. The number of carbonyl (C=O) groups is 2. The molecule has 0 radical (unpaired) electrons. The summed E-state index contributed by atoms with van der Waals surface area (Å²) in [5, 5.41) is 3.68. The lowest BCUT2D eigenvalue weighted by molar-refractivity contribution is -0.116. The Morgan fingerprint density at radius 2 is 1.96 bits per heavy atom. The Bertz CT molecular complexity index is 642. The van der Waals surface area contributed by atoms with Gasteiger partial charge in [-0.1, -0.05) is 40.5 Å². The fraction of sp³-hybridized carbons (Fsp3) is 0.714. The van der Waals surface area contributed by atoms with Crippen molar-refractivity contribution in [3.8, 4) is 0 Å². The molecule has 2 rings (SSSR count). The molecule has 0 saturated heterocycles. The van der Waals surface area contributed by atoms with Crippen LogP contribution in [-0.4, -0.2) is 18.5 Å². The largest absolute Gasteiger partial charge is 0.462 e. The Morgan fingerprint density at radius 3 is 2.58 bits per heavy atom. The van der Waals surface area contributed by atoms with Gasteiger partial charge >= 0.3 is 5.97 Å². The summed E-state index contributed by atoms with van der Waals surface area (Å²) in [5.74, 6) is 0.287. The predicted molar refractivity (Wildman–Crippen MR) is 108 cm³/mol. The highest BCUT2D eigenvalue weighted by atomic mass is 32.1. The van der Waals surface area contributed by atoms with Gasteiger partial charge in [-0.25, -0.2) is 4.79 Å². The van der Waals surface area contributed by atoms with E-state index in [9.17, 15) is 9.59 Å². The summed E-state index contributed by atoms with van der Waals surface area (Å²) >= 11 is 1.57. The minimum atomic E-state index is -0.303. The molecule has 1 atom stereocenters. The van der Waals surface area contributed by atoms with Crippen LogP contribution in [0.5, 0.6) is 0 Å². The number of rotatable bonds is 7. The van der Waals surface area contributed by atoms with Crippen molar-refractivity contribution in [2.24, 2.45) is 11.3 Å². The summed E-state index contributed by atoms with van der Waals surface area (Å²) in [7, 11) is 0. The zero-order valence-electron chi connectivity index (χ0n) is 16.9. The maximum Gasteiger partial charge on any atom is 0.341 e. The van der Waals surface area contributed by atoms with Crippen LogP contribution in [0.1, 0.15) is 87.5 Å². The summed E-state index contributed by atoms with van der Waals surface area (Å²) in [6.45, 7) is 11.1. The van der Waals surface area contributed by atoms with Crippen LogP contribution < -0.4 is 5.32 Å². The predicted octanol–water partition coefficient (Wildman–Crippen LogP) is 5.59. The summed E-state index contributed by atoms with van der Waals surface area (Å²) in [6.07, 6.45) is 6.45. The molecular weight excluding hydrogens is 346 g/mol. The standard InChI is InChI=1S/C21H33NO3S/c1-6-8-9-10-17(23)22-19-18(20(24)25-7-2)15-12-11-14(21(3,4)5)13-16(15)26-19/h14H,6-13H2,1-5H3,(H,22,23)/t14-/m1/s1. The zero-order chi connectivity index (χ0) is 19.3. The van der Waals surface area contributed by atoms with Crippen LogP contribution in [0.4, 0.5) is 5.00 Å². The average molecular weight is 380 g/mol. The first-order valence-corrected chi connectivity index (χ1v) is 10.7. The molecule has 5 heteroatoms. The number of hydrogen-bond donors (Lipinski definition) is 1. The van der Waals surface area contributed by atoms with Crippen LogP contribution in [0.25, 0.3) is 0 Å². The zero-order valence-corrected chi connectivity index (χ0v) is 17.7. The van der Waals surface area contributed by atoms with E-state index in [0.717, 1.165) is 44.1 Å². The molecule has 0 spiro atoms. The summed E-state index contributed by atoms with van der Waals surface area (Å²) in [5.41, 5.74) is 1.94. The monoisotopic (exact) mass is 379 g/mol. The van der Waals surface area contributed by atoms with Gasteiger partial charge in [0, 0.05) is 11.3 Å². The Hall–Kier alpha value is -1.36. The highest BCUT2D eigenvalue weighted by Crippen LogP contribution is 2.44. The molecule has 1 N–H and O–H groups in total. The van der Waals surface area contributed by atoms with Crippen LogP contribution >= 0.6 is 11.3 Å². The van der Waals surface area contributed by atoms with E-state index in [1.165, 1.54) is 4.88 Å². The van der Waals surface area contributed by atoms with E-state index < -0.39 is 0 Å². The molecule has 1 heterocycles. The molecule has 0 aromatic carbocycles. The second kappa shape index (κ2) is 9.03. The minimum absolute atomic E-state index is 0.00466. The normalized spacial score (nSPS) is 16.9. The van der Waals surface area contributed by atoms with Crippen LogP contribution in [-0.2, 0) is 22.4 Å². The number of carbonyl (C=O) groups excluding carboxylic acids is 2.